The molecular formula is C14H16N2O2. The van der Waals surface area contributed by atoms with E-state index in [0.717, 1.165) is 12.1 Å². The monoisotopic (exact) mass is 244 g/mol. The van der Waals surface area contributed by atoms with Crippen molar-refractivity contribution in [2.45, 2.75) is 13.3 Å². The maximum Gasteiger partial charge on any atom is 0.293 e. The van der Waals surface area contributed by atoms with E-state index in [4.69, 9.17) is 10.2 Å². The van der Waals surface area contributed by atoms with Crippen LogP contribution in [0.2, 0.25) is 0 Å². The van der Waals surface area contributed by atoms with Gasteiger partial charge in [0.25, 0.3) is 5.91 Å². The predicted molar refractivity (Wildman–Crippen MR) is 71.5 cm³/mol. The van der Waals surface area contributed by atoms with Crippen LogP contribution < -0.4 is 10.6 Å². The van der Waals surface area contributed by atoms with E-state index >= 15 is 0 Å². The fraction of sp³-hybridized carbons (Fsp3) is 0.214. The molecular weight excluding hydrogens is 228 g/mol. The summed E-state index contributed by atoms with van der Waals surface area (Å²) in [6.45, 7) is 2.67. The van der Waals surface area contributed by atoms with E-state index in [1.54, 1.807) is 29.2 Å². The Morgan fingerprint density at radius 3 is 2.56 bits per heavy atom. The summed E-state index contributed by atoms with van der Waals surface area (Å²) in [4.78, 5) is 14.0. The Hall–Kier alpha value is -2.23. The first-order valence-corrected chi connectivity index (χ1v) is 5.93. The highest BCUT2D eigenvalue weighted by atomic mass is 16.3. The molecule has 1 aromatic carbocycles. The van der Waals surface area contributed by atoms with Gasteiger partial charge in [0.15, 0.2) is 5.76 Å². The van der Waals surface area contributed by atoms with Crippen molar-refractivity contribution >= 4 is 17.3 Å². The van der Waals surface area contributed by atoms with Gasteiger partial charge in [-0.3, -0.25) is 4.79 Å². The molecule has 0 fully saturated rings. The predicted octanol–water partition coefficient (Wildman–Crippen LogP) is 2.92. The largest absolute Gasteiger partial charge is 0.459 e. The van der Waals surface area contributed by atoms with E-state index in [-0.39, 0.29) is 5.91 Å². The number of nitrogens with zero attached hydrogens (tertiary/aromatic N) is 1. The second-order valence-corrected chi connectivity index (χ2v) is 4.03. The molecule has 1 amide bonds. The highest BCUT2D eigenvalue weighted by molar-refractivity contribution is 6.04. The summed E-state index contributed by atoms with van der Waals surface area (Å²) in [5.74, 6) is 0.215. The highest BCUT2D eigenvalue weighted by Gasteiger charge is 2.18. The topological polar surface area (TPSA) is 59.5 Å². The van der Waals surface area contributed by atoms with Crippen LogP contribution in [0, 0.1) is 0 Å². The first-order chi connectivity index (χ1) is 8.72. The third-order valence-corrected chi connectivity index (χ3v) is 2.63. The highest BCUT2D eigenvalue weighted by Crippen LogP contribution is 2.19. The minimum absolute atomic E-state index is 0.133. The smallest absolute Gasteiger partial charge is 0.293 e. The third-order valence-electron chi connectivity index (χ3n) is 2.63. The third kappa shape index (κ3) is 2.53. The molecule has 0 saturated heterocycles. The summed E-state index contributed by atoms with van der Waals surface area (Å²) in [6.07, 6.45) is 2.37. The molecule has 0 atom stereocenters. The number of nitrogens with two attached hydrogens (primary N) is 1. The van der Waals surface area contributed by atoms with Crippen molar-refractivity contribution in [1.29, 1.82) is 0 Å². The lowest BCUT2D eigenvalue weighted by Crippen LogP contribution is -2.31. The van der Waals surface area contributed by atoms with Crippen molar-refractivity contribution in [3.63, 3.8) is 0 Å². The van der Waals surface area contributed by atoms with E-state index in [9.17, 15) is 4.79 Å². The van der Waals surface area contributed by atoms with E-state index in [2.05, 4.69) is 0 Å². The molecule has 4 nitrogen and oxygen atoms in total. The first kappa shape index (κ1) is 12.2. The first-order valence-electron chi connectivity index (χ1n) is 5.93. The van der Waals surface area contributed by atoms with Crippen LogP contribution >= 0.6 is 0 Å². The Labute approximate surface area is 106 Å². The Kier molecular flexibility index (Phi) is 3.67. The van der Waals surface area contributed by atoms with Crippen LogP contribution in [0.15, 0.2) is 47.1 Å². The van der Waals surface area contributed by atoms with Crippen LogP contribution in [0.5, 0.6) is 0 Å². The molecule has 0 bridgehead atoms. The lowest BCUT2D eigenvalue weighted by Gasteiger charge is -2.21. The van der Waals surface area contributed by atoms with Gasteiger partial charge in [0.05, 0.1) is 6.26 Å². The average Bonchev–Trinajstić information content (AvgIpc) is 2.90. The van der Waals surface area contributed by atoms with Gasteiger partial charge in [0, 0.05) is 17.9 Å². The molecule has 1 aromatic heterocycles. The number of rotatable bonds is 4. The van der Waals surface area contributed by atoms with Crippen LogP contribution in [0.3, 0.4) is 0 Å². The molecule has 0 radical (unpaired) electrons. The Morgan fingerprint density at radius 1 is 1.28 bits per heavy atom. The molecule has 2 aromatic rings. The van der Waals surface area contributed by atoms with Crippen molar-refractivity contribution < 1.29 is 9.21 Å². The van der Waals surface area contributed by atoms with Crippen LogP contribution in [-0.4, -0.2) is 12.5 Å². The number of amides is 1. The number of carbonyl (C=O) groups excluding carboxylic acids is 1. The van der Waals surface area contributed by atoms with Crippen molar-refractivity contribution in [3.05, 3.63) is 48.4 Å². The maximum absolute atomic E-state index is 12.3. The molecule has 4 heteroatoms. The number of hydrogen-bond acceptors (Lipinski definition) is 3. The summed E-state index contributed by atoms with van der Waals surface area (Å²) < 4.78 is 5.15. The van der Waals surface area contributed by atoms with Crippen molar-refractivity contribution in [2.75, 3.05) is 17.2 Å². The zero-order chi connectivity index (χ0) is 13.0. The molecule has 1 heterocycles. The number of furan rings is 1. The fourth-order valence-electron chi connectivity index (χ4n) is 1.76. The van der Waals surface area contributed by atoms with Gasteiger partial charge in [-0.25, -0.2) is 0 Å². The van der Waals surface area contributed by atoms with Crippen LogP contribution in [0.4, 0.5) is 11.4 Å². The quantitative estimate of drug-likeness (QED) is 0.841. The number of carbonyl (C=O) groups is 1. The van der Waals surface area contributed by atoms with Gasteiger partial charge in [-0.2, -0.15) is 0 Å². The molecule has 0 spiro atoms. The normalized spacial score (nSPS) is 10.3. The summed E-state index contributed by atoms with van der Waals surface area (Å²) in [5.41, 5.74) is 7.16. The van der Waals surface area contributed by atoms with Gasteiger partial charge < -0.3 is 15.1 Å². The second-order valence-electron chi connectivity index (χ2n) is 4.03. The summed E-state index contributed by atoms with van der Waals surface area (Å²) in [7, 11) is 0. The van der Waals surface area contributed by atoms with Gasteiger partial charge in [-0.15, -0.1) is 0 Å². The summed E-state index contributed by atoms with van der Waals surface area (Å²) in [5, 5.41) is 0. The van der Waals surface area contributed by atoms with Crippen LogP contribution in [0.25, 0.3) is 0 Å². The van der Waals surface area contributed by atoms with Gasteiger partial charge in [0.2, 0.25) is 0 Å². The van der Waals surface area contributed by atoms with Gasteiger partial charge in [0.1, 0.15) is 0 Å². The Balaban J connectivity index is 2.28. The summed E-state index contributed by atoms with van der Waals surface area (Å²) in [6, 6.07) is 10.6. The summed E-state index contributed by atoms with van der Waals surface area (Å²) >= 11 is 0. The molecule has 18 heavy (non-hydrogen) atoms. The molecule has 0 aliphatic heterocycles. The average molecular weight is 244 g/mol. The van der Waals surface area contributed by atoms with Gasteiger partial charge in [-0.1, -0.05) is 6.92 Å². The lowest BCUT2D eigenvalue weighted by atomic mass is 10.2. The standard InChI is InChI=1S/C14H16N2O2/c1-2-9-16(12-7-5-11(15)6-8-12)14(17)13-4-3-10-18-13/h3-8,10H,2,9,15H2,1H3. The molecule has 94 valence electrons. The van der Waals surface area contributed by atoms with E-state index < -0.39 is 0 Å². The van der Waals surface area contributed by atoms with Gasteiger partial charge >= 0.3 is 0 Å². The second kappa shape index (κ2) is 5.40. The Bertz CT molecular complexity index is 503. The van der Waals surface area contributed by atoms with E-state index in [1.165, 1.54) is 6.26 Å². The fourth-order valence-corrected chi connectivity index (χ4v) is 1.76. The van der Waals surface area contributed by atoms with Crippen LogP contribution in [0.1, 0.15) is 23.9 Å². The number of nitrogen functional groups attached to an aromatic ring is 1. The molecule has 0 aliphatic carbocycles. The zero-order valence-electron chi connectivity index (χ0n) is 10.3. The minimum atomic E-state index is -0.133. The molecule has 0 saturated carbocycles. The number of anilines is 2. The zero-order valence-corrected chi connectivity index (χ0v) is 10.3. The molecule has 2 N–H and O–H groups in total. The SMILES string of the molecule is CCCN(C(=O)c1ccco1)c1ccc(N)cc1. The molecule has 0 unspecified atom stereocenters. The minimum Gasteiger partial charge on any atom is -0.459 e. The molecule has 2 rings (SSSR count). The van der Waals surface area contributed by atoms with Crippen LogP contribution in [-0.2, 0) is 0 Å². The van der Waals surface area contributed by atoms with Crippen molar-refractivity contribution in [3.8, 4) is 0 Å². The maximum atomic E-state index is 12.3. The Morgan fingerprint density at radius 2 is 2.00 bits per heavy atom. The van der Waals surface area contributed by atoms with Gasteiger partial charge in [-0.05, 0) is 42.8 Å². The van der Waals surface area contributed by atoms with Crippen molar-refractivity contribution in [2.24, 2.45) is 0 Å². The number of hydrogen-bond donors (Lipinski definition) is 1. The lowest BCUT2D eigenvalue weighted by molar-refractivity contribution is 0.0960. The molecule has 0 aliphatic rings. The van der Waals surface area contributed by atoms with E-state index in [1.807, 2.05) is 19.1 Å². The number of benzene rings is 1. The van der Waals surface area contributed by atoms with E-state index in [0.29, 0.717) is 18.0 Å². The van der Waals surface area contributed by atoms with Crippen molar-refractivity contribution in [1.82, 2.24) is 0 Å².